The first-order valence-electron chi connectivity index (χ1n) is 10.3. The van der Waals surface area contributed by atoms with E-state index in [1.165, 1.54) is 0 Å². The molecule has 1 atom stereocenters. The molecule has 4 heterocycles. The minimum Gasteiger partial charge on any atom is -0.355 e. The third-order valence-electron chi connectivity index (χ3n) is 5.79. The number of piperazine rings is 1. The number of aromatic nitrogens is 3. The summed E-state index contributed by atoms with van der Waals surface area (Å²) in [5, 5.41) is 0. The number of anilines is 1. The maximum Gasteiger partial charge on any atom is 0.256 e. The number of carbonyl (C=O) groups is 1. The molecule has 4 rings (SSSR count). The predicted molar refractivity (Wildman–Crippen MR) is 120 cm³/mol. The van der Waals surface area contributed by atoms with E-state index in [0.29, 0.717) is 29.3 Å². The second-order valence-electron chi connectivity index (χ2n) is 7.83. The SMILES string of the molecule is CCC(=O)/C(=C\c1ccc(N2CCN(C)C(C)C2)[nH]c1=O)c1cn2ccccc2n1. The number of imidazole rings is 1. The normalized spacial score (nSPS) is 18.2. The molecule has 7 nitrogen and oxygen atoms in total. The van der Waals surface area contributed by atoms with Gasteiger partial charge in [0.2, 0.25) is 0 Å². The molecule has 0 amide bonds. The lowest BCUT2D eigenvalue weighted by molar-refractivity contribution is -0.113. The van der Waals surface area contributed by atoms with Crippen molar-refractivity contribution in [3.8, 4) is 0 Å². The van der Waals surface area contributed by atoms with E-state index in [1.807, 2.05) is 48.0 Å². The minimum atomic E-state index is -0.204. The Kier molecular flexibility index (Phi) is 5.55. The molecule has 0 bridgehead atoms. The summed E-state index contributed by atoms with van der Waals surface area (Å²) in [5.74, 6) is 0.767. The van der Waals surface area contributed by atoms with Gasteiger partial charge in [0.25, 0.3) is 5.56 Å². The summed E-state index contributed by atoms with van der Waals surface area (Å²) >= 11 is 0. The van der Waals surface area contributed by atoms with Crippen LogP contribution in [0.4, 0.5) is 5.82 Å². The third-order valence-corrected chi connectivity index (χ3v) is 5.79. The summed E-state index contributed by atoms with van der Waals surface area (Å²) in [4.78, 5) is 37.5. The lowest BCUT2D eigenvalue weighted by Crippen LogP contribution is -2.50. The van der Waals surface area contributed by atoms with Crippen LogP contribution in [0.15, 0.2) is 47.5 Å². The first-order valence-corrected chi connectivity index (χ1v) is 10.3. The number of H-pyrrole nitrogens is 1. The molecule has 7 heteroatoms. The van der Waals surface area contributed by atoms with Gasteiger partial charge in [0.1, 0.15) is 11.5 Å². The van der Waals surface area contributed by atoms with Gasteiger partial charge in [-0.1, -0.05) is 13.0 Å². The number of likely N-dealkylation sites (N-methyl/N-ethyl adjacent to an activating group) is 1. The van der Waals surface area contributed by atoms with E-state index < -0.39 is 0 Å². The molecule has 0 aromatic carbocycles. The fraction of sp³-hybridized carbons (Fsp3) is 0.348. The van der Waals surface area contributed by atoms with Crippen LogP contribution in [0.1, 0.15) is 31.5 Å². The molecule has 1 aliphatic rings. The Labute approximate surface area is 175 Å². The van der Waals surface area contributed by atoms with Gasteiger partial charge in [-0.3, -0.25) is 9.59 Å². The van der Waals surface area contributed by atoms with Gasteiger partial charge in [-0.25, -0.2) is 4.98 Å². The first-order chi connectivity index (χ1) is 14.5. The number of Topliss-reactive ketones (excluding diaryl/α,β-unsaturated/α-hetero) is 1. The lowest BCUT2D eigenvalue weighted by Gasteiger charge is -2.38. The van der Waals surface area contributed by atoms with Crippen molar-refractivity contribution in [1.82, 2.24) is 19.3 Å². The maximum atomic E-state index is 12.8. The highest BCUT2D eigenvalue weighted by Crippen LogP contribution is 2.21. The van der Waals surface area contributed by atoms with E-state index in [0.717, 1.165) is 31.1 Å². The van der Waals surface area contributed by atoms with Crippen molar-refractivity contribution in [2.24, 2.45) is 0 Å². The molecule has 3 aromatic rings. The highest BCUT2D eigenvalue weighted by molar-refractivity contribution is 6.24. The van der Waals surface area contributed by atoms with E-state index in [2.05, 4.69) is 33.7 Å². The quantitative estimate of drug-likeness (QED) is 0.661. The van der Waals surface area contributed by atoms with E-state index in [1.54, 1.807) is 12.1 Å². The summed E-state index contributed by atoms with van der Waals surface area (Å²) in [6.45, 7) is 6.68. The number of allylic oxidation sites excluding steroid dienone is 1. The van der Waals surface area contributed by atoms with Crippen molar-refractivity contribution in [2.75, 3.05) is 31.6 Å². The van der Waals surface area contributed by atoms with E-state index >= 15 is 0 Å². The molecule has 156 valence electrons. The second-order valence-corrected chi connectivity index (χ2v) is 7.83. The average Bonchev–Trinajstić information content (AvgIpc) is 3.18. The predicted octanol–water partition coefficient (Wildman–Crippen LogP) is 2.68. The Balaban J connectivity index is 1.68. The molecule has 0 radical (unpaired) electrons. The van der Waals surface area contributed by atoms with Crippen molar-refractivity contribution in [3.05, 3.63) is 64.3 Å². The Hall–Kier alpha value is -3.19. The van der Waals surface area contributed by atoms with Crippen LogP contribution in [0.3, 0.4) is 0 Å². The van der Waals surface area contributed by atoms with E-state index in [9.17, 15) is 9.59 Å². The number of aromatic amines is 1. The van der Waals surface area contributed by atoms with Crippen LogP contribution >= 0.6 is 0 Å². The summed E-state index contributed by atoms with van der Waals surface area (Å²) in [5.41, 5.74) is 2.03. The fourth-order valence-corrected chi connectivity index (χ4v) is 3.75. The summed E-state index contributed by atoms with van der Waals surface area (Å²) in [6.07, 6.45) is 5.71. The van der Waals surface area contributed by atoms with Crippen LogP contribution in [-0.4, -0.2) is 57.8 Å². The Morgan fingerprint density at radius 3 is 2.80 bits per heavy atom. The van der Waals surface area contributed by atoms with Crippen molar-refractivity contribution in [1.29, 1.82) is 0 Å². The van der Waals surface area contributed by atoms with Crippen molar-refractivity contribution < 1.29 is 4.79 Å². The molecule has 0 spiro atoms. The summed E-state index contributed by atoms with van der Waals surface area (Å²) in [6, 6.07) is 9.83. The van der Waals surface area contributed by atoms with Gasteiger partial charge in [-0.05, 0) is 44.3 Å². The molecule has 1 saturated heterocycles. The van der Waals surface area contributed by atoms with Gasteiger partial charge in [0.15, 0.2) is 5.78 Å². The molecule has 0 aliphatic carbocycles. The van der Waals surface area contributed by atoms with Crippen LogP contribution in [-0.2, 0) is 4.79 Å². The number of pyridine rings is 2. The monoisotopic (exact) mass is 405 g/mol. The average molecular weight is 406 g/mol. The van der Waals surface area contributed by atoms with Gasteiger partial charge < -0.3 is 19.2 Å². The molecule has 0 saturated carbocycles. The number of nitrogens with one attached hydrogen (secondary N) is 1. The van der Waals surface area contributed by atoms with Crippen molar-refractivity contribution >= 4 is 28.9 Å². The molecule has 30 heavy (non-hydrogen) atoms. The van der Waals surface area contributed by atoms with E-state index in [-0.39, 0.29) is 11.3 Å². The smallest absolute Gasteiger partial charge is 0.256 e. The van der Waals surface area contributed by atoms with Gasteiger partial charge in [-0.15, -0.1) is 0 Å². The molecule has 1 N–H and O–H groups in total. The molecule has 1 fully saturated rings. The molecular formula is C23H27N5O2. The lowest BCUT2D eigenvalue weighted by atomic mass is 10.0. The molecule has 3 aromatic heterocycles. The zero-order valence-corrected chi connectivity index (χ0v) is 17.6. The minimum absolute atomic E-state index is 0.0465. The summed E-state index contributed by atoms with van der Waals surface area (Å²) < 4.78 is 1.87. The summed E-state index contributed by atoms with van der Waals surface area (Å²) in [7, 11) is 2.12. The third kappa shape index (κ3) is 3.93. The van der Waals surface area contributed by atoms with Crippen LogP contribution in [0.2, 0.25) is 0 Å². The Morgan fingerprint density at radius 1 is 1.27 bits per heavy atom. The highest BCUT2D eigenvalue weighted by atomic mass is 16.1. The Morgan fingerprint density at radius 2 is 2.10 bits per heavy atom. The van der Waals surface area contributed by atoms with Crippen LogP contribution in [0, 0.1) is 0 Å². The zero-order chi connectivity index (χ0) is 21.3. The van der Waals surface area contributed by atoms with Crippen molar-refractivity contribution in [3.63, 3.8) is 0 Å². The number of ketones is 1. The molecule has 1 aliphatic heterocycles. The van der Waals surface area contributed by atoms with Gasteiger partial charge >= 0.3 is 0 Å². The van der Waals surface area contributed by atoms with Gasteiger partial charge in [0.05, 0.1) is 5.69 Å². The van der Waals surface area contributed by atoms with Gasteiger partial charge in [0, 0.05) is 55.6 Å². The van der Waals surface area contributed by atoms with Crippen LogP contribution in [0.5, 0.6) is 0 Å². The first kappa shape index (κ1) is 20.1. The molecular weight excluding hydrogens is 378 g/mol. The number of rotatable bonds is 5. The number of carbonyl (C=O) groups excluding carboxylic acids is 1. The highest BCUT2D eigenvalue weighted by Gasteiger charge is 2.21. The van der Waals surface area contributed by atoms with Crippen molar-refractivity contribution in [2.45, 2.75) is 26.3 Å². The Bertz CT molecular complexity index is 1130. The topological polar surface area (TPSA) is 73.7 Å². The maximum absolute atomic E-state index is 12.8. The van der Waals surface area contributed by atoms with E-state index in [4.69, 9.17) is 0 Å². The number of fused-ring (bicyclic) bond motifs is 1. The zero-order valence-electron chi connectivity index (χ0n) is 17.6. The second kappa shape index (κ2) is 8.28. The van der Waals surface area contributed by atoms with Crippen LogP contribution < -0.4 is 10.5 Å². The molecule has 1 unspecified atom stereocenters. The number of hydrogen-bond donors (Lipinski definition) is 1. The fourth-order valence-electron chi connectivity index (χ4n) is 3.75. The largest absolute Gasteiger partial charge is 0.355 e. The number of hydrogen-bond acceptors (Lipinski definition) is 5. The van der Waals surface area contributed by atoms with Gasteiger partial charge in [-0.2, -0.15) is 0 Å². The number of nitrogens with zero attached hydrogens (tertiary/aromatic N) is 4. The van der Waals surface area contributed by atoms with Crippen LogP contribution in [0.25, 0.3) is 17.3 Å². The standard InChI is InChI=1S/C23H27N5O2/c1-4-20(29)18(19-15-27-10-6-5-7-21(27)24-19)13-17-8-9-22(25-23(17)30)28-12-11-26(3)16(2)14-28/h5-10,13,15-16H,4,11-12,14H2,1-3H3,(H,25,30)/b18-13-.